The van der Waals surface area contributed by atoms with Crippen LogP contribution in [0.5, 0.6) is 5.75 Å². The molecule has 0 fully saturated rings. The van der Waals surface area contributed by atoms with E-state index in [-0.39, 0.29) is 5.04 Å². The Balaban J connectivity index is 2.69. The Bertz CT molecular complexity index is 365. The molecule has 0 aliphatic carbocycles. The molecule has 1 aromatic rings. The van der Waals surface area contributed by atoms with Crippen LogP contribution in [-0.2, 0) is 6.42 Å². The Morgan fingerprint density at radius 2 is 1.67 bits per heavy atom. The molecule has 0 aliphatic heterocycles. The number of aryl methyl sites for hydroxylation is 1. The molecule has 18 heavy (non-hydrogen) atoms. The monoisotopic (exact) mass is 328 g/mol. The Labute approximate surface area is 121 Å². The summed E-state index contributed by atoms with van der Waals surface area (Å²) in [5, 5.41) is 1.32. The zero-order chi connectivity index (χ0) is 13.8. The summed E-state index contributed by atoms with van der Waals surface area (Å²) in [6, 6.07) is 8.60. The summed E-state index contributed by atoms with van der Waals surface area (Å²) in [5.74, 6) is 1.02. The Kier molecular flexibility index (Phi) is 5.47. The fourth-order valence-electron chi connectivity index (χ4n) is 1.44. The number of rotatable bonds is 5. The normalized spacial score (nSPS) is 12.6. The molecule has 102 valence electrons. The van der Waals surface area contributed by atoms with Gasteiger partial charge in [-0.05, 0) is 48.7 Å². The third kappa shape index (κ3) is 4.43. The van der Waals surface area contributed by atoms with Gasteiger partial charge in [0.25, 0.3) is 0 Å². The van der Waals surface area contributed by atoms with Crippen LogP contribution in [0.1, 0.15) is 32.8 Å². The first-order valence-corrected chi connectivity index (χ1v) is 10.6. The summed E-state index contributed by atoms with van der Waals surface area (Å²) in [5.41, 5.74) is 1.39. The molecule has 0 atom stereocenters. The van der Waals surface area contributed by atoms with E-state index in [1.54, 1.807) is 0 Å². The van der Waals surface area contributed by atoms with E-state index in [9.17, 15) is 0 Å². The van der Waals surface area contributed by atoms with E-state index in [1.165, 1.54) is 12.0 Å². The second-order valence-corrected chi connectivity index (χ2v) is 11.8. The first kappa shape index (κ1) is 15.8. The highest BCUT2D eigenvalue weighted by Gasteiger charge is 2.38. The molecule has 1 aromatic carbocycles. The average Bonchev–Trinajstić information content (AvgIpc) is 2.26. The molecule has 0 saturated carbocycles. The Morgan fingerprint density at radius 1 is 1.11 bits per heavy atom. The van der Waals surface area contributed by atoms with E-state index in [4.69, 9.17) is 4.43 Å². The van der Waals surface area contributed by atoms with Crippen molar-refractivity contribution in [2.75, 3.05) is 5.33 Å². The highest BCUT2D eigenvalue weighted by molar-refractivity contribution is 9.09. The summed E-state index contributed by atoms with van der Waals surface area (Å²) in [6.07, 6.45) is 2.31. The van der Waals surface area contributed by atoms with Gasteiger partial charge in [-0.2, -0.15) is 0 Å². The van der Waals surface area contributed by atoms with Crippen LogP contribution < -0.4 is 4.43 Å². The molecule has 0 radical (unpaired) electrons. The fraction of sp³-hybridized carbons (Fsp3) is 0.600. The van der Waals surface area contributed by atoms with E-state index >= 15 is 0 Å². The SMILES string of the molecule is CC(C)(C)[Si](C)(C)Oc1ccc(CCCBr)cc1. The van der Waals surface area contributed by atoms with Gasteiger partial charge in [-0.15, -0.1) is 0 Å². The molecule has 0 N–H and O–H groups in total. The van der Waals surface area contributed by atoms with Gasteiger partial charge in [0.1, 0.15) is 5.75 Å². The third-order valence-corrected chi connectivity index (χ3v) is 8.62. The minimum Gasteiger partial charge on any atom is -0.544 e. The van der Waals surface area contributed by atoms with Crippen molar-refractivity contribution in [2.24, 2.45) is 0 Å². The topological polar surface area (TPSA) is 9.23 Å². The lowest BCUT2D eigenvalue weighted by atomic mass is 10.1. The van der Waals surface area contributed by atoms with Crippen molar-refractivity contribution in [1.82, 2.24) is 0 Å². The molecule has 1 nitrogen and oxygen atoms in total. The zero-order valence-electron chi connectivity index (χ0n) is 12.2. The van der Waals surface area contributed by atoms with Crippen LogP contribution in [0.3, 0.4) is 0 Å². The first-order chi connectivity index (χ1) is 8.26. The minimum absolute atomic E-state index is 0.252. The second-order valence-electron chi connectivity index (χ2n) is 6.30. The van der Waals surface area contributed by atoms with Crippen LogP contribution in [-0.4, -0.2) is 13.6 Å². The fourth-order valence-corrected chi connectivity index (χ4v) is 2.75. The van der Waals surface area contributed by atoms with E-state index in [1.807, 2.05) is 0 Å². The summed E-state index contributed by atoms with van der Waals surface area (Å²) in [7, 11) is -1.70. The molecule has 3 heteroatoms. The van der Waals surface area contributed by atoms with Crippen LogP contribution in [0, 0.1) is 0 Å². The van der Waals surface area contributed by atoms with Crippen molar-refractivity contribution in [3.8, 4) is 5.75 Å². The summed E-state index contributed by atoms with van der Waals surface area (Å²) >= 11 is 3.46. The second kappa shape index (κ2) is 6.24. The maximum absolute atomic E-state index is 6.26. The maximum Gasteiger partial charge on any atom is 0.250 e. The van der Waals surface area contributed by atoms with Crippen molar-refractivity contribution in [1.29, 1.82) is 0 Å². The predicted octanol–water partition coefficient (Wildman–Crippen LogP) is 5.40. The zero-order valence-corrected chi connectivity index (χ0v) is 14.8. The summed E-state index contributed by atoms with van der Waals surface area (Å²) in [6.45, 7) is 11.4. The molecule has 0 aliphatic rings. The minimum atomic E-state index is -1.70. The average molecular weight is 329 g/mol. The van der Waals surface area contributed by atoms with Crippen molar-refractivity contribution in [3.05, 3.63) is 29.8 Å². The predicted molar refractivity (Wildman–Crippen MR) is 86.4 cm³/mol. The lowest BCUT2D eigenvalue weighted by Gasteiger charge is -2.36. The quantitative estimate of drug-likeness (QED) is 0.519. The van der Waals surface area contributed by atoms with E-state index in [2.05, 4.69) is 74.1 Å². The molecule has 0 unspecified atom stereocenters. The van der Waals surface area contributed by atoms with Crippen molar-refractivity contribution in [2.45, 2.75) is 51.7 Å². The van der Waals surface area contributed by atoms with Gasteiger partial charge in [0.05, 0.1) is 0 Å². The molecule has 0 spiro atoms. The van der Waals surface area contributed by atoms with Gasteiger partial charge in [0.2, 0.25) is 8.32 Å². The molecule has 0 aromatic heterocycles. The van der Waals surface area contributed by atoms with Gasteiger partial charge in [0, 0.05) is 5.33 Å². The van der Waals surface area contributed by atoms with Crippen LogP contribution in [0.4, 0.5) is 0 Å². The first-order valence-electron chi connectivity index (χ1n) is 6.60. The van der Waals surface area contributed by atoms with Gasteiger partial charge in [-0.1, -0.05) is 48.8 Å². The van der Waals surface area contributed by atoms with Crippen LogP contribution >= 0.6 is 15.9 Å². The van der Waals surface area contributed by atoms with E-state index < -0.39 is 8.32 Å². The number of hydrogen-bond acceptors (Lipinski definition) is 1. The third-order valence-electron chi connectivity index (χ3n) is 3.70. The van der Waals surface area contributed by atoms with Crippen LogP contribution in [0.2, 0.25) is 18.1 Å². The number of halogens is 1. The standard InChI is InChI=1S/C15H25BrOSi/c1-15(2,3)18(4,5)17-14-10-8-13(9-11-14)7-6-12-16/h8-11H,6-7,12H2,1-5H3. The number of benzene rings is 1. The van der Waals surface area contributed by atoms with Gasteiger partial charge in [0.15, 0.2) is 0 Å². The lowest BCUT2D eigenvalue weighted by molar-refractivity contribution is 0.492. The molecule has 0 amide bonds. The number of hydrogen-bond donors (Lipinski definition) is 0. The van der Waals surface area contributed by atoms with Gasteiger partial charge in [-0.3, -0.25) is 0 Å². The molecule has 0 saturated heterocycles. The largest absolute Gasteiger partial charge is 0.544 e. The molecule has 1 rings (SSSR count). The van der Waals surface area contributed by atoms with E-state index in [0.717, 1.165) is 17.5 Å². The highest BCUT2D eigenvalue weighted by Crippen LogP contribution is 2.37. The van der Waals surface area contributed by atoms with Crippen LogP contribution in [0.15, 0.2) is 24.3 Å². The molecule has 0 bridgehead atoms. The van der Waals surface area contributed by atoms with Crippen molar-refractivity contribution >= 4 is 24.2 Å². The highest BCUT2D eigenvalue weighted by atomic mass is 79.9. The molecule has 0 heterocycles. The van der Waals surface area contributed by atoms with Gasteiger partial charge < -0.3 is 4.43 Å². The van der Waals surface area contributed by atoms with Crippen molar-refractivity contribution in [3.63, 3.8) is 0 Å². The smallest absolute Gasteiger partial charge is 0.250 e. The summed E-state index contributed by atoms with van der Waals surface area (Å²) < 4.78 is 6.26. The van der Waals surface area contributed by atoms with Gasteiger partial charge >= 0.3 is 0 Å². The number of alkyl halides is 1. The van der Waals surface area contributed by atoms with Crippen LogP contribution in [0.25, 0.3) is 0 Å². The van der Waals surface area contributed by atoms with Gasteiger partial charge in [-0.25, -0.2) is 0 Å². The maximum atomic E-state index is 6.26. The Morgan fingerprint density at radius 3 is 2.11 bits per heavy atom. The molecular formula is C15H25BrOSi. The van der Waals surface area contributed by atoms with Crippen molar-refractivity contribution < 1.29 is 4.43 Å². The lowest BCUT2D eigenvalue weighted by Crippen LogP contribution is -2.43. The Hall–Kier alpha value is -0.283. The molecular weight excluding hydrogens is 304 g/mol. The van der Waals surface area contributed by atoms with E-state index in [0.29, 0.717) is 0 Å². The summed E-state index contributed by atoms with van der Waals surface area (Å²) in [4.78, 5) is 0.